The summed E-state index contributed by atoms with van der Waals surface area (Å²) in [6, 6.07) is 0.527. The number of alkyl halides is 3. The number of fused-ring (bicyclic) bond motifs is 1. The smallest absolute Gasteiger partial charge is 0.347 e. The van der Waals surface area contributed by atoms with Crippen LogP contribution in [-0.2, 0) is 17.5 Å². The molecule has 3 rings (SSSR count). The lowest BCUT2D eigenvalue weighted by Crippen LogP contribution is -2.40. The highest BCUT2D eigenvalue weighted by atomic mass is 35.5. The van der Waals surface area contributed by atoms with Gasteiger partial charge in [-0.05, 0) is 25.5 Å². The van der Waals surface area contributed by atoms with Crippen LogP contribution in [0.15, 0.2) is 12.3 Å². The van der Waals surface area contributed by atoms with Gasteiger partial charge in [-0.1, -0.05) is 11.6 Å². The van der Waals surface area contributed by atoms with Gasteiger partial charge in [-0.25, -0.2) is 0 Å². The van der Waals surface area contributed by atoms with Crippen molar-refractivity contribution >= 4 is 23.2 Å². The SMILES string of the molecule is O=C(NCc1nnc2c(Cl)cc(C(F)(F)F)cn12)C1CCCN1. The molecular weight excluding hydrogens is 335 g/mol. The van der Waals surface area contributed by atoms with Crippen LogP contribution in [0.1, 0.15) is 24.2 Å². The van der Waals surface area contributed by atoms with Crippen LogP contribution >= 0.6 is 11.6 Å². The molecule has 2 aromatic rings. The van der Waals surface area contributed by atoms with Crippen molar-refractivity contribution in [3.63, 3.8) is 0 Å². The number of pyridine rings is 1. The van der Waals surface area contributed by atoms with Crippen LogP contribution in [0.5, 0.6) is 0 Å². The number of amides is 1. The number of hydrogen-bond donors (Lipinski definition) is 2. The third kappa shape index (κ3) is 3.25. The molecule has 2 aromatic heterocycles. The first kappa shape index (κ1) is 16.0. The van der Waals surface area contributed by atoms with Crippen LogP contribution in [0.3, 0.4) is 0 Å². The van der Waals surface area contributed by atoms with Crippen molar-refractivity contribution in [2.75, 3.05) is 6.54 Å². The fourth-order valence-corrected chi connectivity index (χ4v) is 2.72. The molecule has 1 unspecified atom stereocenters. The molecule has 1 saturated heterocycles. The molecule has 1 fully saturated rings. The lowest BCUT2D eigenvalue weighted by Gasteiger charge is -2.11. The number of hydrogen-bond acceptors (Lipinski definition) is 4. The molecule has 1 aliphatic heterocycles. The normalized spacial score (nSPS) is 18.5. The molecule has 2 N–H and O–H groups in total. The molecule has 1 atom stereocenters. The van der Waals surface area contributed by atoms with Gasteiger partial charge in [-0.2, -0.15) is 13.2 Å². The number of rotatable bonds is 3. The Balaban J connectivity index is 1.83. The van der Waals surface area contributed by atoms with E-state index in [9.17, 15) is 18.0 Å². The van der Waals surface area contributed by atoms with Gasteiger partial charge in [0.25, 0.3) is 0 Å². The van der Waals surface area contributed by atoms with Gasteiger partial charge in [0.05, 0.1) is 23.2 Å². The Hall–Kier alpha value is -1.87. The predicted molar refractivity (Wildman–Crippen MR) is 75.9 cm³/mol. The summed E-state index contributed by atoms with van der Waals surface area (Å²) in [7, 11) is 0. The summed E-state index contributed by atoms with van der Waals surface area (Å²) in [6.07, 6.45) is -2.01. The summed E-state index contributed by atoms with van der Waals surface area (Å²) < 4.78 is 39.7. The van der Waals surface area contributed by atoms with E-state index in [1.54, 1.807) is 0 Å². The summed E-state index contributed by atoms with van der Waals surface area (Å²) in [5.41, 5.74) is -0.789. The molecule has 0 spiro atoms. The van der Waals surface area contributed by atoms with E-state index in [1.807, 2.05) is 0 Å². The van der Waals surface area contributed by atoms with E-state index in [0.717, 1.165) is 36.1 Å². The van der Waals surface area contributed by atoms with Gasteiger partial charge in [0.15, 0.2) is 11.5 Å². The van der Waals surface area contributed by atoms with E-state index >= 15 is 0 Å². The Kier molecular flexibility index (Phi) is 4.15. The Bertz CT molecular complexity index is 739. The van der Waals surface area contributed by atoms with Gasteiger partial charge >= 0.3 is 6.18 Å². The lowest BCUT2D eigenvalue weighted by molar-refractivity contribution is -0.137. The standard InChI is InChI=1S/C13H13ClF3N5O/c14-8-4-7(13(15,16)17)6-22-10(20-21-11(8)22)5-19-12(23)9-2-1-3-18-9/h4,6,9,18H,1-3,5H2,(H,19,23). The van der Waals surface area contributed by atoms with Crippen LogP contribution in [0, 0.1) is 0 Å². The third-order valence-corrected chi connectivity index (χ3v) is 3.93. The zero-order chi connectivity index (χ0) is 16.6. The lowest BCUT2D eigenvalue weighted by atomic mass is 10.2. The fourth-order valence-electron chi connectivity index (χ4n) is 2.47. The number of carbonyl (C=O) groups excluding carboxylic acids is 1. The molecule has 0 saturated carbocycles. The van der Waals surface area contributed by atoms with Crippen LogP contribution in [-0.4, -0.2) is 33.1 Å². The van der Waals surface area contributed by atoms with Crippen molar-refractivity contribution in [2.45, 2.75) is 31.6 Å². The fraction of sp³-hybridized carbons (Fsp3) is 0.462. The molecule has 1 aliphatic rings. The highest BCUT2D eigenvalue weighted by molar-refractivity contribution is 6.33. The van der Waals surface area contributed by atoms with Gasteiger partial charge in [-0.3, -0.25) is 9.20 Å². The summed E-state index contributed by atoms with van der Waals surface area (Å²) >= 11 is 5.83. The number of halogens is 4. The van der Waals surface area contributed by atoms with E-state index in [4.69, 9.17) is 11.6 Å². The van der Waals surface area contributed by atoms with Crippen molar-refractivity contribution in [3.8, 4) is 0 Å². The maximum atomic E-state index is 12.9. The van der Waals surface area contributed by atoms with E-state index in [1.165, 1.54) is 0 Å². The van der Waals surface area contributed by atoms with Crippen LogP contribution in [0.4, 0.5) is 13.2 Å². The molecule has 0 bridgehead atoms. The summed E-state index contributed by atoms with van der Waals surface area (Å²) in [5.74, 6) is -0.0309. The molecule has 6 nitrogen and oxygen atoms in total. The first-order chi connectivity index (χ1) is 10.9. The second kappa shape index (κ2) is 5.97. The Labute approximate surface area is 134 Å². The quantitative estimate of drug-likeness (QED) is 0.887. The molecule has 3 heterocycles. The van der Waals surface area contributed by atoms with Crippen molar-refractivity contribution < 1.29 is 18.0 Å². The van der Waals surface area contributed by atoms with Crippen molar-refractivity contribution in [2.24, 2.45) is 0 Å². The Morgan fingerprint density at radius 1 is 1.48 bits per heavy atom. The van der Waals surface area contributed by atoms with Gasteiger partial charge in [0, 0.05) is 6.20 Å². The minimum absolute atomic E-state index is 0.0319. The number of aromatic nitrogens is 3. The topological polar surface area (TPSA) is 71.3 Å². The predicted octanol–water partition coefficient (Wildman–Crippen LogP) is 1.77. The average Bonchev–Trinajstić information content (AvgIpc) is 3.13. The summed E-state index contributed by atoms with van der Waals surface area (Å²) in [4.78, 5) is 11.9. The first-order valence-corrected chi connectivity index (χ1v) is 7.35. The molecule has 23 heavy (non-hydrogen) atoms. The minimum Gasteiger partial charge on any atom is -0.347 e. The third-order valence-electron chi connectivity index (χ3n) is 3.66. The van der Waals surface area contributed by atoms with Crippen molar-refractivity contribution in [1.82, 2.24) is 25.2 Å². The molecule has 0 aliphatic carbocycles. The first-order valence-electron chi connectivity index (χ1n) is 6.97. The Morgan fingerprint density at radius 2 is 2.26 bits per heavy atom. The number of carbonyl (C=O) groups is 1. The van der Waals surface area contributed by atoms with Gasteiger partial charge < -0.3 is 10.6 Å². The zero-order valence-electron chi connectivity index (χ0n) is 11.8. The molecule has 1 amide bonds. The highest BCUT2D eigenvalue weighted by Crippen LogP contribution is 2.32. The van der Waals surface area contributed by atoms with E-state index in [0.29, 0.717) is 0 Å². The largest absolute Gasteiger partial charge is 0.417 e. The Morgan fingerprint density at radius 3 is 2.91 bits per heavy atom. The molecule has 0 aromatic carbocycles. The molecular formula is C13H13ClF3N5O. The van der Waals surface area contributed by atoms with Crippen LogP contribution < -0.4 is 10.6 Å². The summed E-state index contributed by atoms with van der Waals surface area (Å²) in [6.45, 7) is 0.742. The highest BCUT2D eigenvalue weighted by Gasteiger charge is 2.32. The minimum atomic E-state index is -4.53. The van der Waals surface area contributed by atoms with E-state index in [-0.39, 0.29) is 35.0 Å². The van der Waals surface area contributed by atoms with Gasteiger partial charge in [-0.15, -0.1) is 10.2 Å². The monoisotopic (exact) mass is 347 g/mol. The summed E-state index contributed by atoms with van der Waals surface area (Å²) in [5, 5.41) is 13.1. The average molecular weight is 348 g/mol. The van der Waals surface area contributed by atoms with Gasteiger partial charge in [0.1, 0.15) is 0 Å². The molecule has 0 radical (unpaired) electrons. The second-order valence-electron chi connectivity index (χ2n) is 5.25. The van der Waals surface area contributed by atoms with Crippen LogP contribution in [0.2, 0.25) is 5.02 Å². The van der Waals surface area contributed by atoms with E-state index in [2.05, 4.69) is 20.8 Å². The molecule has 10 heteroatoms. The number of nitrogens with zero attached hydrogens (tertiary/aromatic N) is 3. The zero-order valence-corrected chi connectivity index (χ0v) is 12.6. The molecule has 124 valence electrons. The van der Waals surface area contributed by atoms with Crippen molar-refractivity contribution in [1.29, 1.82) is 0 Å². The maximum absolute atomic E-state index is 12.9. The van der Waals surface area contributed by atoms with Crippen LogP contribution in [0.25, 0.3) is 5.65 Å². The van der Waals surface area contributed by atoms with Gasteiger partial charge in [0.2, 0.25) is 5.91 Å². The van der Waals surface area contributed by atoms with E-state index < -0.39 is 11.7 Å². The maximum Gasteiger partial charge on any atom is 0.417 e. The number of nitrogens with one attached hydrogen (secondary N) is 2. The second-order valence-corrected chi connectivity index (χ2v) is 5.66. The van der Waals surface area contributed by atoms with Crippen molar-refractivity contribution in [3.05, 3.63) is 28.7 Å².